The van der Waals surface area contributed by atoms with Crippen LogP contribution in [0.5, 0.6) is 5.75 Å². The first-order chi connectivity index (χ1) is 12.4. The fraction of sp³-hybridized carbons (Fsp3) is 0.118. The minimum atomic E-state index is -4.40. The SMILES string of the molecule is O=C(Nc1ccc(OCC(F)(F)F)cc1)c1ccc(-n2ccnc2)nc1. The van der Waals surface area contributed by atoms with Gasteiger partial charge in [-0.2, -0.15) is 13.2 Å². The van der Waals surface area contributed by atoms with Crippen LogP contribution in [0.2, 0.25) is 0 Å². The van der Waals surface area contributed by atoms with Gasteiger partial charge in [0.1, 0.15) is 17.9 Å². The maximum atomic E-state index is 12.2. The molecule has 0 atom stereocenters. The Hall–Kier alpha value is -3.36. The lowest BCUT2D eigenvalue weighted by molar-refractivity contribution is -0.153. The smallest absolute Gasteiger partial charge is 0.422 e. The lowest BCUT2D eigenvalue weighted by Crippen LogP contribution is -2.19. The molecule has 2 heterocycles. The molecule has 9 heteroatoms. The van der Waals surface area contributed by atoms with E-state index in [1.165, 1.54) is 30.5 Å². The molecule has 6 nitrogen and oxygen atoms in total. The Morgan fingerprint density at radius 3 is 2.50 bits per heavy atom. The zero-order valence-electron chi connectivity index (χ0n) is 13.3. The molecule has 0 saturated carbocycles. The van der Waals surface area contributed by atoms with Crippen molar-refractivity contribution in [3.63, 3.8) is 0 Å². The van der Waals surface area contributed by atoms with Crippen LogP contribution in [0.15, 0.2) is 61.3 Å². The molecule has 0 fully saturated rings. The van der Waals surface area contributed by atoms with Crippen LogP contribution in [0.1, 0.15) is 10.4 Å². The Labute approximate surface area is 146 Å². The Morgan fingerprint density at radius 1 is 1.15 bits per heavy atom. The molecule has 3 aromatic rings. The van der Waals surface area contributed by atoms with Crippen LogP contribution < -0.4 is 10.1 Å². The molecule has 3 rings (SSSR count). The number of aromatic nitrogens is 3. The Bertz CT molecular complexity index is 861. The van der Waals surface area contributed by atoms with Gasteiger partial charge in [-0.3, -0.25) is 9.36 Å². The number of benzene rings is 1. The first-order valence-electron chi connectivity index (χ1n) is 7.46. The number of anilines is 1. The number of hydrogen-bond donors (Lipinski definition) is 1. The summed E-state index contributed by atoms with van der Waals surface area (Å²) in [5.41, 5.74) is 0.763. The van der Waals surface area contributed by atoms with E-state index in [1.807, 2.05) is 0 Å². The van der Waals surface area contributed by atoms with Gasteiger partial charge in [0.25, 0.3) is 5.91 Å². The normalized spacial score (nSPS) is 11.2. The maximum absolute atomic E-state index is 12.2. The average molecular weight is 362 g/mol. The summed E-state index contributed by atoms with van der Waals surface area (Å²) in [5.74, 6) is 0.288. The van der Waals surface area contributed by atoms with Gasteiger partial charge in [0.2, 0.25) is 0 Å². The number of amides is 1. The highest BCUT2D eigenvalue weighted by Gasteiger charge is 2.28. The van der Waals surface area contributed by atoms with Crippen LogP contribution >= 0.6 is 0 Å². The predicted octanol–water partition coefficient (Wildman–Crippen LogP) is 3.46. The van der Waals surface area contributed by atoms with Gasteiger partial charge in [0.15, 0.2) is 6.61 Å². The molecule has 1 amide bonds. The van der Waals surface area contributed by atoms with Crippen molar-refractivity contribution in [2.24, 2.45) is 0 Å². The van der Waals surface area contributed by atoms with Crippen LogP contribution in [-0.4, -0.2) is 33.2 Å². The molecule has 2 aromatic heterocycles. The standard InChI is InChI=1S/C17H13F3N4O2/c18-17(19,20)10-26-14-4-2-13(3-5-14)23-16(25)12-1-6-15(22-9-12)24-8-7-21-11-24/h1-9,11H,10H2,(H,23,25). The molecular formula is C17H13F3N4O2. The molecule has 0 radical (unpaired) electrons. The van der Waals surface area contributed by atoms with Gasteiger partial charge in [-0.15, -0.1) is 0 Å². The summed E-state index contributed by atoms with van der Waals surface area (Å²) in [5, 5.41) is 2.64. The molecular weight excluding hydrogens is 349 g/mol. The zero-order chi connectivity index (χ0) is 18.6. The Morgan fingerprint density at radius 2 is 1.92 bits per heavy atom. The molecule has 0 aliphatic rings. The topological polar surface area (TPSA) is 69.0 Å². The summed E-state index contributed by atoms with van der Waals surface area (Å²) in [6.45, 7) is -1.37. The molecule has 134 valence electrons. The monoisotopic (exact) mass is 362 g/mol. The van der Waals surface area contributed by atoms with E-state index in [0.29, 0.717) is 17.1 Å². The predicted molar refractivity (Wildman–Crippen MR) is 87.3 cm³/mol. The second-order valence-corrected chi connectivity index (χ2v) is 5.26. The second kappa shape index (κ2) is 7.26. The Kier molecular flexibility index (Phi) is 4.87. The van der Waals surface area contributed by atoms with Crippen molar-refractivity contribution >= 4 is 11.6 Å². The maximum Gasteiger partial charge on any atom is 0.422 e. The fourth-order valence-corrected chi connectivity index (χ4v) is 2.07. The van der Waals surface area contributed by atoms with Gasteiger partial charge in [-0.1, -0.05) is 0 Å². The van der Waals surface area contributed by atoms with E-state index in [2.05, 4.69) is 20.0 Å². The van der Waals surface area contributed by atoms with E-state index in [9.17, 15) is 18.0 Å². The van der Waals surface area contributed by atoms with E-state index < -0.39 is 18.7 Å². The summed E-state index contributed by atoms with van der Waals surface area (Å²) in [4.78, 5) is 20.3. The van der Waals surface area contributed by atoms with E-state index in [4.69, 9.17) is 0 Å². The minimum Gasteiger partial charge on any atom is -0.484 e. The number of carbonyl (C=O) groups is 1. The summed E-state index contributed by atoms with van der Waals surface area (Å²) in [6, 6.07) is 8.89. The number of rotatable bonds is 5. The largest absolute Gasteiger partial charge is 0.484 e. The lowest BCUT2D eigenvalue weighted by Gasteiger charge is -2.10. The number of pyridine rings is 1. The highest BCUT2D eigenvalue weighted by molar-refractivity contribution is 6.04. The van der Waals surface area contributed by atoms with Crippen molar-refractivity contribution in [2.75, 3.05) is 11.9 Å². The summed E-state index contributed by atoms with van der Waals surface area (Å²) >= 11 is 0. The first-order valence-corrected chi connectivity index (χ1v) is 7.46. The molecule has 0 saturated heterocycles. The molecule has 1 N–H and O–H groups in total. The summed E-state index contributed by atoms with van der Waals surface area (Å²) < 4.78 is 42.6. The van der Waals surface area contributed by atoms with E-state index in [-0.39, 0.29) is 5.75 Å². The van der Waals surface area contributed by atoms with Crippen molar-refractivity contribution in [2.45, 2.75) is 6.18 Å². The average Bonchev–Trinajstić information content (AvgIpc) is 3.15. The van der Waals surface area contributed by atoms with Crippen molar-refractivity contribution in [1.82, 2.24) is 14.5 Å². The molecule has 26 heavy (non-hydrogen) atoms. The third-order valence-electron chi connectivity index (χ3n) is 3.29. The van der Waals surface area contributed by atoms with Crippen molar-refractivity contribution < 1.29 is 22.7 Å². The van der Waals surface area contributed by atoms with Crippen LogP contribution in [0, 0.1) is 0 Å². The fourth-order valence-electron chi connectivity index (χ4n) is 2.07. The van der Waals surface area contributed by atoms with E-state index in [0.717, 1.165) is 0 Å². The number of hydrogen-bond acceptors (Lipinski definition) is 4. The number of imidazole rings is 1. The van der Waals surface area contributed by atoms with Gasteiger partial charge in [0.05, 0.1) is 5.56 Å². The first kappa shape index (κ1) is 17.5. The molecule has 1 aromatic carbocycles. The number of nitrogens with zero attached hydrogens (tertiary/aromatic N) is 3. The van der Waals surface area contributed by atoms with Gasteiger partial charge in [0, 0.05) is 24.3 Å². The van der Waals surface area contributed by atoms with Crippen molar-refractivity contribution in [1.29, 1.82) is 0 Å². The van der Waals surface area contributed by atoms with Crippen LogP contribution in [-0.2, 0) is 0 Å². The van der Waals surface area contributed by atoms with Crippen LogP contribution in [0.4, 0.5) is 18.9 Å². The van der Waals surface area contributed by atoms with Gasteiger partial charge in [-0.25, -0.2) is 9.97 Å². The number of nitrogens with one attached hydrogen (secondary N) is 1. The second-order valence-electron chi connectivity index (χ2n) is 5.26. The van der Waals surface area contributed by atoms with Crippen molar-refractivity contribution in [3.8, 4) is 11.6 Å². The minimum absolute atomic E-state index is 0.0617. The molecule has 0 unspecified atom stereocenters. The number of alkyl halides is 3. The zero-order valence-corrected chi connectivity index (χ0v) is 13.3. The van der Waals surface area contributed by atoms with E-state index >= 15 is 0 Å². The third-order valence-corrected chi connectivity index (χ3v) is 3.29. The van der Waals surface area contributed by atoms with Gasteiger partial charge < -0.3 is 10.1 Å². The highest BCUT2D eigenvalue weighted by Crippen LogP contribution is 2.20. The van der Waals surface area contributed by atoms with Gasteiger partial charge in [-0.05, 0) is 36.4 Å². The molecule has 0 aliphatic heterocycles. The third kappa shape index (κ3) is 4.59. The highest BCUT2D eigenvalue weighted by atomic mass is 19.4. The summed E-state index contributed by atoms with van der Waals surface area (Å²) in [7, 11) is 0. The van der Waals surface area contributed by atoms with Crippen LogP contribution in [0.3, 0.4) is 0 Å². The molecule has 0 spiro atoms. The molecule has 0 aliphatic carbocycles. The lowest BCUT2D eigenvalue weighted by atomic mass is 10.2. The quantitative estimate of drug-likeness (QED) is 0.755. The number of carbonyl (C=O) groups excluding carboxylic acids is 1. The van der Waals surface area contributed by atoms with Gasteiger partial charge >= 0.3 is 6.18 Å². The summed E-state index contributed by atoms with van der Waals surface area (Å²) in [6.07, 6.45) is 1.95. The number of halogens is 3. The van der Waals surface area contributed by atoms with Crippen molar-refractivity contribution in [3.05, 3.63) is 66.9 Å². The molecule has 0 bridgehead atoms. The number of ether oxygens (including phenoxy) is 1. The van der Waals surface area contributed by atoms with Crippen LogP contribution in [0.25, 0.3) is 5.82 Å². The Balaban J connectivity index is 1.61. The van der Waals surface area contributed by atoms with E-state index in [1.54, 1.807) is 35.4 Å².